The predicted molar refractivity (Wildman–Crippen MR) is 145 cm³/mol. The minimum absolute atomic E-state index is 0.106. The molecule has 1 heterocycles. The van der Waals surface area contributed by atoms with Crippen molar-refractivity contribution < 1.29 is 9.59 Å². The molecule has 1 atom stereocenters. The van der Waals surface area contributed by atoms with Crippen molar-refractivity contribution in [3.05, 3.63) is 107 Å². The van der Waals surface area contributed by atoms with Crippen LogP contribution in [-0.4, -0.2) is 28.6 Å². The zero-order valence-corrected chi connectivity index (χ0v) is 21.2. The summed E-state index contributed by atoms with van der Waals surface area (Å²) in [7, 11) is 0. The molecule has 1 unspecified atom stereocenters. The Morgan fingerprint density at radius 3 is 2.22 bits per heavy atom. The maximum atomic E-state index is 12.9. The van der Waals surface area contributed by atoms with Gasteiger partial charge < -0.3 is 9.88 Å². The second-order valence-corrected chi connectivity index (χ2v) is 9.51. The number of nitrogens with zero attached hydrogens (tertiary/aromatic N) is 2. The Morgan fingerprint density at radius 1 is 0.917 bits per heavy atom. The number of carbonyl (C=O) groups excluding carboxylic acids is 2. The third-order valence-corrected chi connectivity index (χ3v) is 6.22. The van der Waals surface area contributed by atoms with Crippen LogP contribution in [0.2, 0.25) is 0 Å². The van der Waals surface area contributed by atoms with Crippen molar-refractivity contribution in [1.29, 1.82) is 0 Å². The fraction of sp³-hybridized carbons (Fsp3) is 0.233. The highest BCUT2D eigenvalue weighted by Gasteiger charge is 2.24. The summed E-state index contributed by atoms with van der Waals surface area (Å²) in [6.07, 6.45) is 3.70. The average Bonchev–Trinajstić information content (AvgIpc) is 3.21. The van der Waals surface area contributed by atoms with Gasteiger partial charge in [0.05, 0.1) is 6.21 Å². The van der Waals surface area contributed by atoms with Gasteiger partial charge in [-0.2, -0.15) is 5.10 Å². The average molecular weight is 481 g/mol. The summed E-state index contributed by atoms with van der Waals surface area (Å²) in [6, 6.07) is 23.2. The Hall–Kier alpha value is -4.19. The second kappa shape index (κ2) is 11.0. The van der Waals surface area contributed by atoms with Crippen molar-refractivity contribution in [1.82, 2.24) is 15.3 Å². The van der Waals surface area contributed by atoms with E-state index in [0.717, 1.165) is 28.6 Å². The molecule has 36 heavy (non-hydrogen) atoms. The molecular formula is C30H32N4O2. The molecule has 3 aromatic carbocycles. The molecule has 1 aromatic heterocycles. The number of rotatable bonds is 8. The lowest BCUT2D eigenvalue weighted by Crippen LogP contribution is -2.48. The van der Waals surface area contributed by atoms with Gasteiger partial charge >= 0.3 is 0 Å². The van der Waals surface area contributed by atoms with Gasteiger partial charge in [-0.15, -0.1) is 0 Å². The second-order valence-electron chi connectivity index (χ2n) is 9.51. The van der Waals surface area contributed by atoms with E-state index in [-0.39, 0.29) is 17.7 Å². The van der Waals surface area contributed by atoms with E-state index in [4.69, 9.17) is 0 Å². The van der Waals surface area contributed by atoms with Crippen LogP contribution < -0.4 is 10.7 Å². The van der Waals surface area contributed by atoms with Crippen LogP contribution in [0, 0.1) is 19.8 Å². The quantitative estimate of drug-likeness (QED) is 0.268. The smallest absolute Gasteiger partial charge is 0.262 e. The zero-order valence-electron chi connectivity index (χ0n) is 21.2. The molecule has 6 nitrogen and oxygen atoms in total. The van der Waals surface area contributed by atoms with E-state index in [0.29, 0.717) is 5.56 Å². The van der Waals surface area contributed by atoms with Crippen LogP contribution >= 0.6 is 0 Å². The van der Waals surface area contributed by atoms with Crippen LogP contribution in [0.1, 0.15) is 46.5 Å². The molecule has 0 fully saturated rings. The van der Waals surface area contributed by atoms with Gasteiger partial charge in [-0.3, -0.25) is 9.59 Å². The van der Waals surface area contributed by atoms with E-state index < -0.39 is 6.04 Å². The largest absolute Gasteiger partial charge is 0.342 e. The van der Waals surface area contributed by atoms with Crippen LogP contribution in [0.4, 0.5) is 0 Å². The number of para-hydroxylation sites is 1. The molecular weight excluding hydrogens is 448 g/mol. The van der Waals surface area contributed by atoms with Crippen LogP contribution in [0.3, 0.4) is 0 Å². The fourth-order valence-electron chi connectivity index (χ4n) is 4.10. The van der Waals surface area contributed by atoms with E-state index in [9.17, 15) is 9.59 Å². The molecule has 2 N–H and O–H groups in total. The highest BCUT2D eigenvalue weighted by molar-refractivity contribution is 6.00. The van der Waals surface area contributed by atoms with Gasteiger partial charge in [0.25, 0.3) is 11.8 Å². The molecule has 2 amide bonds. The van der Waals surface area contributed by atoms with Gasteiger partial charge in [0, 0.05) is 34.8 Å². The predicted octanol–water partition coefficient (Wildman–Crippen LogP) is 5.21. The van der Waals surface area contributed by atoms with Gasteiger partial charge in [-0.05, 0) is 43.5 Å². The lowest BCUT2D eigenvalue weighted by atomic mass is 10.0. The Labute approximate surface area is 212 Å². The highest BCUT2D eigenvalue weighted by atomic mass is 16.2. The third kappa shape index (κ3) is 5.89. The monoisotopic (exact) mass is 480 g/mol. The number of hydrogen-bond donors (Lipinski definition) is 2. The number of hydrogen-bond acceptors (Lipinski definition) is 3. The molecule has 184 valence electrons. The Kier molecular flexibility index (Phi) is 7.64. The van der Waals surface area contributed by atoms with Gasteiger partial charge in [0.15, 0.2) is 0 Å². The van der Waals surface area contributed by atoms with Gasteiger partial charge in [0.1, 0.15) is 6.04 Å². The Balaban J connectivity index is 1.47. The van der Waals surface area contributed by atoms with Gasteiger partial charge in [-0.25, -0.2) is 5.43 Å². The number of fused-ring (bicyclic) bond motifs is 1. The van der Waals surface area contributed by atoms with Crippen molar-refractivity contribution in [3.8, 4) is 0 Å². The number of benzene rings is 3. The SMILES string of the molecule is Cc1ccc(Cn2cc(C=NNC(=O)C(NC(=O)c3ccc(C)cc3)C(C)C)c3ccccc32)cc1. The summed E-state index contributed by atoms with van der Waals surface area (Å²) in [4.78, 5) is 25.5. The molecule has 4 aromatic rings. The summed E-state index contributed by atoms with van der Waals surface area (Å²) in [5.41, 5.74) is 8.64. The molecule has 0 aliphatic carbocycles. The van der Waals surface area contributed by atoms with E-state index in [2.05, 4.69) is 57.7 Å². The molecule has 4 rings (SSSR count). The Bertz CT molecular complexity index is 1380. The van der Waals surface area contributed by atoms with Crippen molar-refractivity contribution in [3.63, 3.8) is 0 Å². The van der Waals surface area contributed by atoms with Gasteiger partial charge in [0.2, 0.25) is 0 Å². The number of amides is 2. The maximum absolute atomic E-state index is 12.9. The molecule has 0 bridgehead atoms. The van der Waals surface area contributed by atoms with Crippen LogP contribution in [0.15, 0.2) is 84.1 Å². The van der Waals surface area contributed by atoms with E-state index >= 15 is 0 Å². The minimum atomic E-state index is -0.709. The summed E-state index contributed by atoms with van der Waals surface area (Å²) < 4.78 is 2.18. The Morgan fingerprint density at radius 2 is 1.56 bits per heavy atom. The summed E-state index contributed by atoms with van der Waals surface area (Å²) in [5, 5.41) is 8.12. The number of aryl methyl sites for hydroxylation is 2. The minimum Gasteiger partial charge on any atom is -0.342 e. The highest BCUT2D eigenvalue weighted by Crippen LogP contribution is 2.21. The molecule has 0 aliphatic rings. The zero-order chi connectivity index (χ0) is 25.7. The summed E-state index contributed by atoms with van der Waals surface area (Å²) in [6.45, 7) is 8.56. The molecule has 0 aliphatic heterocycles. The first-order valence-electron chi connectivity index (χ1n) is 12.2. The number of carbonyl (C=O) groups is 2. The first-order chi connectivity index (χ1) is 17.3. The first kappa shape index (κ1) is 24.9. The fourth-order valence-corrected chi connectivity index (χ4v) is 4.10. The first-order valence-corrected chi connectivity index (χ1v) is 12.2. The molecule has 6 heteroatoms. The standard InChI is InChI=1S/C30H32N4O2/c1-20(2)28(32-29(35)24-15-11-22(4)12-16-24)30(36)33-31-17-25-19-34(27-8-6-5-7-26(25)27)18-23-13-9-21(3)10-14-23/h5-17,19-20,28H,18H2,1-4H3,(H,32,35)(H,33,36). The molecule has 0 spiro atoms. The summed E-state index contributed by atoms with van der Waals surface area (Å²) in [5.74, 6) is -0.747. The van der Waals surface area contributed by atoms with Crippen molar-refractivity contribution in [2.75, 3.05) is 0 Å². The lowest BCUT2D eigenvalue weighted by molar-refractivity contribution is -0.123. The topological polar surface area (TPSA) is 75.5 Å². The van der Waals surface area contributed by atoms with Crippen LogP contribution in [-0.2, 0) is 11.3 Å². The van der Waals surface area contributed by atoms with Crippen LogP contribution in [0.5, 0.6) is 0 Å². The van der Waals surface area contributed by atoms with Crippen molar-refractivity contribution in [2.45, 2.75) is 40.3 Å². The van der Waals surface area contributed by atoms with E-state index in [1.807, 2.05) is 57.3 Å². The normalized spacial score (nSPS) is 12.2. The third-order valence-electron chi connectivity index (χ3n) is 6.22. The van der Waals surface area contributed by atoms with Crippen molar-refractivity contribution >= 4 is 28.9 Å². The number of hydrazone groups is 1. The molecule has 0 saturated heterocycles. The van der Waals surface area contributed by atoms with Gasteiger partial charge in [-0.1, -0.05) is 79.6 Å². The van der Waals surface area contributed by atoms with Crippen LogP contribution in [0.25, 0.3) is 10.9 Å². The van der Waals surface area contributed by atoms with E-state index in [1.54, 1.807) is 18.3 Å². The number of aromatic nitrogens is 1. The number of nitrogens with one attached hydrogen (secondary N) is 2. The molecule has 0 saturated carbocycles. The molecule has 0 radical (unpaired) electrons. The van der Waals surface area contributed by atoms with Crippen molar-refractivity contribution in [2.24, 2.45) is 11.0 Å². The van der Waals surface area contributed by atoms with E-state index in [1.165, 1.54) is 11.1 Å². The lowest BCUT2D eigenvalue weighted by Gasteiger charge is -2.20. The maximum Gasteiger partial charge on any atom is 0.262 e. The summed E-state index contributed by atoms with van der Waals surface area (Å²) >= 11 is 0.